The van der Waals surface area contributed by atoms with Crippen LogP contribution in [0.1, 0.15) is 19.3 Å². The average Bonchev–Trinajstić information content (AvgIpc) is 2.11. The van der Waals surface area contributed by atoms with Gasteiger partial charge in [0.05, 0.1) is 0 Å². The summed E-state index contributed by atoms with van der Waals surface area (Å²) in [5.74, 6) is -1.12. The van der Waals surface area contributed by atoms with Crippen LogP contribution in [0.5, 0.6) is 0 Å². The average molecular weight is 385 g/mol. The minimum absolute atomic E-state index is 0.521. The molecule has 88 valence electrons. The molecule has 0 fully saturated rings. The van der Waals surface area contributed by atoms with E-state index in [9.17, 15) is 9.59 Å². The third-order valence-corrected chi connectivity index (χ3v) is 7.40. The third-order valence-electron chi connectivity index (χ3n) is 1.66. The molecule has 0 spiro atoms. The summed E-state index contributed by atoms with van der Waals surface area (Å²) in [6.07, 6.45) is 3.43. The van der Waals surface area contributed by atoms with Crippen LogP contribution in [-0.4, -0.2) is 18.6 Å². The van der Waals surface area contributed by atoms with Crippen LogP contribution in [0.25, 0.3) is 0 Å². The van der Waals surface area contributed by atoms with Gasteiger partial charge in [-0.25, -0.2) is 0 Å². The molecule has 0 aliphatic heterocycles. The van der Waals surface area contributed by atoms with Gasteiger partial charge in [0.2, 0.25) is 0 Å². The topological polar surface area (TPSA) is 136 Å². The van der Waals surface area contributed by atoms with Gasteiger partial charge in [0.1, 0.15) is 0 Å². The van der Waals surface area contributed by atoms with E-state index < -0.39 is 24.8 Å². The molecule has 0 aliphatic carbocycles. The number of nitrogens with two attached hydrogens (primary N) is 3. The number of amides is 2. The van der Waals surface area contributed by atoms with E-state index in [0.717, 1.165) is 17.5 Å². The molecule has 0 aromatic heterocycles. The van der Waals surface area contributed by atoms with Crippen LogP contribution < -0.4 is 24.6 Å². The first-order chi connectivity index (χ1) is 6.99. The Morgan fingerprint density at radius 2 is 1.60 bits per heavy atom. The van der Waals surface area contributed by atoms with Crippen molar-refractivity contribution < 1.29 is 28.6 Å². The summed E-state index contributed by atoms with van der Waals surface area (Å²) in [4.78, 5) is 20.4. The van der Waals surface area contributed by atoms with Crippen molar-refractivity contribution in [3.8, 4) is 0 Å². The number of rotatable bonds is 9. The van der Waals surface area contributed by atoms with Crippen molar-refractivity contribution in [2.75, 3.05) is 0 Å². The van der Waals surface area contributed by atoms with Gasteiger partial charge in [0.25, 0.3) is 0 Å². The van der Waals surface area contributed by atoms with E-state index in [4.69, 9.17) is 17.2 Å². The van der Waals surface area contributed by atoms with Gasteiger partial charge in [0, 0.05) is 0 Å². The van der Waals surface area contributed by atoms with Gasteiger partial charge in [-0.3, -0.25) is 0 Å². The Balaban J connectivity index is 3.61. The molecule has 8 heteroatoms. The zero-order valence-electron chi connectivity index (χ0n) is 8.48. The second-order valence-electron chi connectivity index (χ2n) is 3.22. The van der Waals surface area contributed by atoms with Crippen LogP contribution in [0.4, 0.5) is 0 Å². The fourth-order valence-corrected chi connectivity index (χ4v) is 5.04. The van der Waals surface area contributed by atoms with Crippen LogP contribution in [-0.2, 0) is 28.6 Å². The molecule has 0 atom stereocenters. The molecular formula is C7H18N5O2Ta. The van der Waals surface area contributed by atoms with E-state index in [1.807, 2.05) is 0 Å². The minimum atomic E-state index is -2.30. The number of hydrogen-bond acceptors (Lipinski definition) is 5. The van der Waals surface area contributed by atoms with Crippen molar-refractivity contribution in [2.45, 2.75) is 29.7 Å². The zero-order chi connectivity index (χ0) is 11.7. The molecule has 0 heterocycles. The number of carbonyl (C=O) groups excluding carboxylic acids is 2. The van der Waals surface area contributed by atoms with Crippen molar-refractivity contribution in [3.05, 3.63) is 0 Å². The first-order valence-electron chi connectivity index (χ1n) is 4.53. The van der Waals surface area contributed by atoms with E-state index >= 15 is 0 Å². The number of unbranched alkanes of at least 4 members (excludes halogenated alkanes) is 1. The van der Waals surface area contributed by atoms with E-state index in [-0.39, 0.29) is 0 Å². The maximum atomic E-state index is 10.2. The van der Waals surface area contributed by atoms with Crippen molar-refractivity contribution in [1.82, 2.24) is 7.44 Å². The molecule has 15 heavy (non-hydrogen) atoms. The molecule has 0 rings (SSSR count). The first kappa shape index (κ1) is 14.6. The van der Waals surface area contributed by atoms with Crippen LogP contribution in [0.2, 0.25) is 4.64 Å². The molecule has 0 aliphatic rings. The molecule has 0 bridgehead atoms. The van der Waals surface area contributed by atoms with Crippen molar-refractivity contribution in [1.29, 1.82) is 0 Å². The van der Waals surface area contributed by atoms with E-state index in [1.54, 1.807) is 0 Å². The van der Waals surface area contributed by atoms with Crippen LogP contribution in [0.15, 0.2) is 0 Å². The molecule has 0 unspecified atom stereocenters. The van der Waals surface area contributed by atoms with Crippen LogP contribution in [0.3, 0.4) is 0 Å². The van der Waals surface area contributed by atoms with Crippen LogP contribution in [0, 0.1) is 0 Å². The molecule has 0 radical (unpaired) electrons. The van der Waals surface area contributed by atoms with E-state index in [0.29, 0.717) is 19.2 Å². The molecular weight excluding hydrogens is 367 g/mol. The maximum absolute atomic E-state index is 10.2. The Morgan fingerprint density at radius 3 is 2.00 bits per heavy atom. The Hall–Kier alpha value is -0.440. The predicted octanol–water partition coefficient (Wildman–Crippen LogP) is -1.95. The third kappa shape index (κ3) is 9.86. The molecule has 8 N–H and O–H groups in total. The van der Waals surface area contributed by atoms with Gasteiger partial charge in [-0.15, -0.1) is 0 Å². The molecule has 0 aromatic carbocycles. The summed E-state index contributed by atoms with van der Waals surface area (Å²) in [6.45, 7) is 0. The van der Waals surface area contributed by atoms with Crippen molar-refractivity contribution in [3.63, 3.8) is 0 Å². The number of nitrogens with one attached hydrogen (secondary N) is 2. The standard InChI is InChI=1S/C5H14N3.2CH3NO.Ta/c1-2-3-4-5(6,7)8;2*2-1-3;/h1-4,6-8H2;2*1H,(H2,2,3);/q;;;+2/p-2. The first-order valence-corrected chi connectivity index (χ1v) is 10.0. The van der Waals surface area contributed by atoms with Crippen molar-refractivity contribution >= 4 is 12.8 Å². The molecule has 0 saturated carbocycles. The fourth-order valence-electron chi connectivity index (χ4n) is 0.995. The number of hydrogen-bond donors (Lipinski definition) is 5. The second kappa shape index (κ2) is 7.80. The van der Waals surface area contributed by atoms with Gasteiger partial charge in [-0.2, -0.15) is 0 Å². The molecule has 0 aromatic rings. The van der Waals surface area contributed by atoms with Crippen LogP contribution >= 0.6 is 0 Å². The van der Waals surface area contributed by atoms with E-state index in [1.165, 1.54) is 0 Å². The Labute approximate surface area is 95.9 Å². The summed E-state index contributed by atoms with van der Waals surface area (Å²) in [7, 11) is 0. The van der Waals surface area contributed by atoms with Gasteiger partial charge in [0.15, 0.2) is 0 Å². The summed E-state index contributed by atoms with van der Waals surface area (Å²) in [5.41, 5.74) is 16.2. The zero-order valence-corrected chi connectivity index (χ0v) is 11.7. The van der Waals surface area contributed by atoms with Gasteiger partial charge in [-0.1, -0.05) is 0 Å². The van der Waals surface area contributed by atoms with Gasteiger partial charge < -0.3 is 0 Å². The van der Waals surface area contributed by atoms with Gasteiger partial charge in [-0.05, 0) is 0 Å². The SMILES string of the molecule is NC(N)(N)CCC[CH2][Ta]([NH]C=O)[NH]C=O. The summed E-state index contributed by atoms with van der Waals surface area (Å²) >= 11 is -2.30. The monoisotopic (exact) mass is 385 g/mol. The Morgan fingerprint density at radius 1 is 1.07 bits per heavy atom. The Kier molecular flexibility index (Phi) is 7.57. The van der Waals surface area contributed by atoms with Crippen molar-refractivity contribution in [2.24, 2.45) is 17.2 Å². The second-order valence-corrected chi connectivity index (χ2v) is 9.75. The normalized spacial score (nSPS) is 11.2. The molecule has 7 nitrogen and oxygen atoms in total. The quantitative estimate of drug-likeness (QED) is 0.179. The molecule has 0 saturated heterocycles. The predicted molar refractivity (Wildman–Crippen MR) is 52.4 cm³/mol. The summed E-state index contributed by atoms with van der Waals surface area (Å²) in [5, 5.41) is 0. The number of carbonyl (C=O) groups is 2. The summed E-state index contributed by atoms with van der Waals surface area (Å²) < 4.78 is 6.16. The molecule has 2 amide bonds. The summed E-state index contributed by atoms with van der Waals surface area (Å²) in [6, 6.07) is 0. The van der Waals surface area contributed by atoms with E-state index in [2.05, 4.69) is 7.44 Å². The Bertz CT molecular complexity index is 186. The fraction of sp³-hybridized carbons (Fsp3) is 0.714. The van der Waals surface area contributed by atoms with Gasteiger partial charge >= 0.3 is 95.7 Å².